The molecule has 144 valence electrons. The number of aryl methyl sites for hydroxylation is 1. The molecule has 2 aromatic rings. The molecular formula is C21H19NO6. The van der Waals surface area contributed by atoms with Crippen molar-refractivity contribution in [1.82, 2.24) is 0 Å². The van der Waals surface area contributed by atoms with E-state index in [-0.39, 0.29) is 5.69 Å². The van der Waals surface area contributed by atoms with Crippen molar-refractivity contribution in [2.24, 2.45) is 5.41 Å². The number of nitro groups is 1. The Balaban J connectivity index is 1.80. The van der Waals surface area contributed by atoms with Gasteiger partial charge in [-0.05, 0) is 18.1 Å². The largest absolute Gasteiger partial charge is 0.422 e. The second-order valence-electron chi connectivity index (χ2n) is 7.76. The number of ether oxygens (including phenoxy) is 2. The number of cyclic esters (lactones) is 2. The number of esters is 2. The molecule has 2 aliphatic rings. The number of benzene rings is 2. The smallest absolute Gasteiger partial charge is 0.328 e. The summed E-state index contributed by atoms with van der Waals surface area (Å²) < 4.78 is 10.8. The number of hydrogen-bond acceptors (Lipinski definition) is 6. The van der Waals surface area contributed by atoms with Gasteiger partial charge in [0, 0.05) is 37.8 Å². The van der Waals surface area contributed by atoms with Gasteiger partial charge in [0.25, 0.3) is 11.5 Å². The van der Waals surface area contributed by atoms with Crippen molar-refractivity contribution < 1.29 is 24.0 Å². The molecular weight excluding hydrogens is 362 g/mol. The predicted molar refractivity (Wildman–Crippen MR) is 98.5 cm³/mol. The van der Waals surface area contributed by atoms with E-state index in [4.69, 9.17) is 9.47 Å². The molecule has 1 heterocycles. The van der Waals surface area contributed by atoms with Gasteiger partial charge >= 0.3 is 11.9 Å². The Labute approximate surface area is 161 Å². The van der Waals surface area contributed by atoms with Crippen molar-refractivity contribution in [2.45, 2.75) is 38.4 Å². The summed E-state index contributed by atoms with van der Waals surface area (Å²) in [6.07, 6.45) is 0. The van der Waals surface area contributed by atoms with Crippen LogP contribution in [0.15, 0.2) is 48.5 Å². The van der Waals surface area contributed by atoms with Crippen LogP contribution in [0.5, 0.6) is 0 Å². The molecule has 7 nitrogen and oxygen atoms in total. The third-order valence-electron chi connectivity index (χ3n) is 5.46. The van der Waals surface area contributed by atoms with Gasteiger partial charge < -0.3 is 9.47 Å². The van der Waals surface area contributed by atoms with Crippen LogP contribution >= 0.6 is 0 Å². The zero-order chi connectivity index (χ0) is 20.3. The summed E-state index contributed by atoms with van der Waals surface area (Å²) in [5, 5.41) is 10.9. The van der Waals surface area contributed by atoms with Gasteiger partial charge in [-0.3, -0.25) is 19.7 Å². The van der Waals surface area contributed by atoms with Gasteiger partial charge in [-0.15, -0.1) is 0 Å². The Morgan fingerprint density at radius 2 is 1.29 bits per heavy atom. The Morgan fingerprint density at radius 3 is 1.71 bits per heavy atom. The third kappa shape index (κ3) is 2.58. The van der Waals surface area contributed by atoms with Crippen LogP contribution in [-0.2, 0) is 19.1 Å². The lowest BCUT2D eigenvalue weighted by molar-refractivity contribution is -0.384. The van der Waals surface area contributed by atoms with Crippen molar-refractivity contribution in [1.29, 1.82) is 0 Å². The predicted octanol–water partition coefficient (Wildman–Crippen LogP) is 3.61. The molecule has 7 heteroatoms. The highest BCUT2D eigenvalue weighted by Crippen LogP contribution is 2.72. The Morgan fingerprint density at radius 1 is 0.857 bits per heavy atom. The van der Waals surface area contributed by atoms with Crippen molar-refractivity contribution >= 4 is 17.6 Å². The molecule has 0 radical (unpaired) electrons. The highest BCUT2D eigenvalue weighted by atomic mass is 16.7. The van der Waals surface area contributed by atoms with Crippen LogP contribution in [0.25, 0.3) is 0 Å². The van der Waals surface area contributed by atoms with Gasteiger partial charge in [-0.25, -0.2) is 0 Å². The number of nitrogens with zero attached hydrogens (tertiary/aromatic N) is 1. The van der Waals surface area contributed by atoms with E-state index in [2.05, 4.69) is 0 Å². The topological polar surface area (TPSA) is 95.7 Å². The fourth-order valence-corrected chi connectivity index (χ4v) is 4.10. The molecule has 0 bridgehead atoms. The van der Waals surface area contributed by atoms with E-state index < -0.39 is 39.9 Å². The molecule has 1 spiro atoms. The molecule has 1 saturated carbocycles. The van der Waals surface area contributed by atoms with Crippen molar-refractivity contribution in [2.75, 3.05) is 0 Å². The summed E-state index contributed by atoms with van der Waals surface area (Å²) >= 11 is 0. The van der Waals surface area contributed by atoms with E-state index in [0.717, 1.165) is 11.1 Å². The summed E-state index contributed by atoms with van der Waals surface area (Å²) in [4.78, 5) is 36.4. The molecule has 2 aromatic carbocycles. The molecule has 0 N–H and O–H groups in total. The van der Waals surface area contributed by atoms with Crippen LogP contribution in [0.3, 0.4) is 0 Å². The average Bonchev–Trinajstić information content (AvgIpc) is 3.31. The second-order valence-corrected chi connectivity index (χ2v) is 7.76. The van der Waals surface area contributed by atoms with Crippen molar-refractivity contribution in [3.8, 4) is 0 Å². The molecule has 4 rings (SSSR count). The van der Waals surface area contributed by atoms with Crippen LogP contribution < -0.4 is 0 Å². The Hall–Kier alpha value is -3.22. The summed E-state index contributed by atoms with van der Waals surface area (Å²) in [6, 6.07) is 13.5. The molecule has 1 aliphatic carbocycles. The van der Waals surface area contributed by atoms with Crippen LogP contribution in [0.2, 0.25) is 0 Å². The lowest BCUT2D eigenvalue weighted by atomic mass is 9.96. The van der Waals surface area contributed by atoms with Crippen LogP contribution in [0, 0.1) is 22.5 Å². The summed E-state index contributed by atoms with van der Waals surface area (Å²) in [5.41, 5.74) is 1.01. The quantitative estimate of drug-likeness (QED) is 0.349. The first-order chi connectivity index (χ1) is 13.2. The van der Waals surface area contributed by atoms with Gasteiger partial charge in [0.15, 0.2) is 5.41 Å². The highest BCUT2D eigenvalue weighted by Gasteiger charge is 2.79. The standard InChI is InChI=1S/C21H19NO6/c1-12-4-6-13(7-5-12)16-17(14-8-10-15(11-9-14)22(25)26)21(16)18(23)27-20(2,3)28-19(21)24/h4-11,16-17H,1-3H3/t16-,17-/m1/s1. The van der Waals surface area contributed by atoms with E-state index in [0.29, 0.717) is 5.56 Å². The first kappa shape index (κ1) is 18.2. The minimum atomic E-state index is -1.47. The van der Waals surface area contributed by atoms with Crippen LogP contribution in [0.4, 0.5) is 5.69 Å². The maximum absolute atomic E-state index is 13.0. The first-order valence-electron chi connectivity index (χ1n) is 8.94. The van der Waals surface area contributed by atoms with Gasteiger partial charge in [-0.1, -0.05) is 42.0 Å². The van der Waals surface area contributed by atoms with Gasteiger partial charge in [-0.2, -0.15) is 0 Å². The molecule has 0 aromatic heterocycles. The number of rotatable bonds is 3. The minimum Gasteiger partial charge on any atom is -0.422 e. The first-order valence-corrected chi connectivity index (χ1v) is 8.94. The monoisotopic (exact) mass is 381 g/mol. The highest BCUT2D eigenvalue weighted by molar-refractivity contribution is 6.08. The zero-order valence-electron chi connectivity index (χ0n) is 15.7. The lowest BCUT2D eigenvalue weighted by Crippen LogP contribution is -2.48. The number of hydrogen-bond donors (Lipinski definition) is 0. The molecule has 1 aliphatic heterocycles. The molecule has 1 saturated heterocycles. The summed E-state index contributed by atoms with van der Waals surface area (Å²) in [6.45, 7) is 4.98. The van der Waals surface area contributed by atoms with E-state index >= 15 is 0 Å². The maximum Gasteiger partial charge on any atom is 0.328 e. The third-order valence-corrected chi connectivity index (χ3v) is 5.46. The Bertz CT molecular complexity index is 957. The normalized spacial score (nSPS) is 24.4. The molecule has 0 amide bonds. The fraction of sp³-hybridized carbons (Fsp3) is 0.333. The van der Waals surface area contributed by atoms with Gasteiger partial charge in [0.1, 0.15) is 0 Å². The van der Waals surface area contributed by atoms with Crippen LogP contribution in [-0.4, -0.2) is 22.6 Å². The maximum atomic E-state index is 13.0. The SMILES string of the molecule is Cc1ccc([C@@H]2[C@@H](c3ccc([N+](=O)[O-])cc3)C23C(=O)OC(C)(C)OC3=O)cc1. The second kappa shape index (κ2) is 5.89. The van der Waals surface area contributed by atoms with Crippen molar-refractivity contribution in [3.63, 3.8) is 0 Å². The van der Waals surface area contributed by atoms with E-state index in [1.165, 1.54) is 26.0 Å². The Kier molecular flexibility index (Phi) is 3.82. The van der Waals surface area contributed by atoms with E-state index in [1.807, 2.05) is 31.2 Å². The van der Waals surface area contributed by atoms with E-state index in [1.54, 1.807) is 12.1 Å². The number of non-ortho nitro benzene ring substituents is 1. The number of carbonyl (C=O) groups excluding carboxylic acids is 2. The van der Waals surface area contributed by atoms with Crippen molar-refractivity contribution in [3.05, 3.63) is 75.3 Å². The lowest BCUT2D eigenvalue weighted by Gasteiger charge is -2.34. The fourth-order valence-electron chi connectivity index (χ4n) is 4.10. The molecule has 28 heavy (non-hydrogen) atoms. The molecule has 0 unspecified atom stereocenters. The number of nitro benzene ring substituents is 1. The number of carbonyl (C=O) groups is 2. The van der Waals surface area contributed by atoms with Gasteiger partial charge in [0.05, 0.1) is 4.92 Å². The minimum absolute atomic E-state index is 0.0553. The zero-order valence-corrected chi connectivity index (χ0v) is 15.7. The van der Waals surface area contributed by atoms with Crippen LogP contribution in [0.1, 0.15) is 42.4 Å². The van der Waals surface area contributed by atoms with E-state index in [9.17, 15) is 19.7 Å². The molecule has 2 atom stereocenters. The van der Waals surface area contributed by atoms with Gasteiger partial charge in [0.2, 0.25) is 0 Å². The summed E-state index contributed by atoms with van der Waals surface area (Å²) in [5.74, 6) is -3.53. The summed E-state index contributed by atoms with van der Waals surface area (Å²) in [7, 11) is 0. The average molecular weight is 381 g/mol. The molecule has 2 fully saturated rings.